The minimum atomic E-state index is -0.292. The van der Waals surface area contributed by atoms with Crippen LogP contribution >= 0.6 is 11.8 Å². The van der Waals surface area contributed by atoms with E-state index < -0.39 is 0 Å². The molecule has 158 valence electrons. The summed E-state index contributed by atoms with van der Waals surface area (Å²) >= 11 is 1.59. The topological polar surface area (TPSA) is 84.5 Å². The van der Waals surface area contributed by atoms with Crippen molar-refractivity contribution in [2.24, 2.45) is 0 Å². The molecule has 3 aromatic rings. The van der Waals surface area contributed by atoms with Crippen molar-refractivity contribution < 1.29 is 14.3 Å². The monoisotopic (exact) mass is 427 g/mol. The van der Waals surface area contributed by atoms with Gasteiger partial charge in [0.05, 0.1) is 31.7 Å². The number of fused-ring (bicyclic) bond motifs is 1. The van der Waals surface area contributed by atoms with Crippen LogP contribution in [-0.4, -0.2) is 47.8 Å². The van der Waals surface area contributed by atoms with Gasteiger partial charge in [-0.15, -0.1) is 11.8 Å². The normalized spacial score (nSPS) is 10.8. The average molecular weight is 428 g/mol. The molecule has 0 saturated carbocycles. The Bertz CT molecular complexity index is 1140. The first kappa shape index (κ1) is 21.7. The van der Waals surface area contributed by atoms with E-state index in [4.69, 9.17) is 9.47 Å². The maximum atomic E-state index is 13.2. The predicted octanol–water partition coefficient (Wildman–Crippen LogP) is 3.63. The molecule has 0 spiro atoms. The zero-order valence-corrected chi connectivity index (χ0v) is 18.6. The van der Waals surface area contributed by atoms with Crippen LogP contribution in [0.25, 0.3) is 10.9 Å². The number of ether oxygens (including phenoxy) is 2. The zero-order valence-electron chi connectivity index (χ0n) is 17.7. The lowest BCUT2D eigenvalue weighted by molar-refractivity contribution is 0.0747. The van der Waals surface area contributed by atoms with Crippen LogP contribution in [0.2, 0.25) is 0 Å². The lowest BCUT2D eigenvalue weighted by Gasteiger charge is -2.22. The molecule has 0 aliphatic heterocycles. The molecule has 30 heavy (non-hydrogen) atoms. The molecule has 0 aliphatic rings. The van der Waals surface area contributed by atoms with Gasteiger partial charge in [0.25, 0.3) is 11.5 Å². The molecule has 8 heteroatoms. The van der Waals surface area contributed by atoms with E-state index in [1.807, 2.05) is 38.3 Å². The van der Waals surface area contributed by atoms with Gasteiger partial charge < -0.3 is 19.4 Å². The molecular formula is C22H25N3O4S. The van der Waals surface area contributed by atoms with Crippen LogP contribution in [0, 0.1) is 6.92 Å². The van der Waals surface area contributed by atoms with E-state index in [2.05, 4.69) is 9.97 Å². The van der Waals surface area contributed by atoms with Crippen molar-refractivity contribution in [3.8, 4) is 11.5 Å². The minimum absolute atomic E-state index is 0.0963. The fourth-order valence-electron chi connectivity index (χ4n) is 3.23. The molecule has 1 aromatic heterocycles. The first-order valence-electron chi connectivity index (χ1n) is 9.50. The molecule has 7 nitrogen and oxygen atoms in total. The van der Waals surface area contributed by atoms with E-state index in [1.165, 1.54) is 14.2 Å². The molecule has 1 amide bonds. The lowest BCUT2D eigenvalue weighted by atomic mass is 10.1. The van der Waals surface area contributed by atoms with Crippen LogP contribution in [0.4, 0.5) is 0 Å². The van der Waals surface area contributed by atoms with Crippen molar-refractivity contribution in [3.05, 3.63) is 57.6 Å². The van der Waals surface area contributed by atoms with Crippen LogP contribution in [0.5, 0.6) is 11.5 Å². The Morgan fingerprint density at radius 2 is 1.87 bits per heavy atom. The maximum Gasteiger partial charge on any atom is 0.258 e. The number of carbonyl (C=O) groups excluding carboxylic acids is 1. The van der Waals surface area contributed by atoms with Crippen molar-refractivity contribution in [3.63, 3.8) is 0 Å². The molecular weight excluding hydrogens is 402 g/mol. The summed E-state index contributed by atoms with van der Waals surface area (Å²) in [5.74, 6) is 1.26. The van der Waals surface area contributed by atoms with Gasteiger partial charge in [0.1, 0.15) is 5.82 Å². The standard InChI is InChI=1S/C22H25N3O4S/c1-6-25(22(27)15-9-14(30-5)8-7-13(15)2)12-20-23-17-11-19(29-4)18(28-3)10-16(17)21(26)24-20/h7-11H,6,12H2,1-5H3,(H,23,24,26). The number of carbonyl (C=O) groups is 1. The molecule has 1 heterocycles. The van der Waals surface area contributed by atoms with Crippen molar-refractivity contribution >= 4 is 28.6 Å². The first-order valence-corrected chi connectivity index (χ1v) is 10.7. The summed E-state index contributed by atoms with van der Waals surface area (Å²) in [5, 5.41) is 0.397. The quantitative estimate of drug-likeness (QED) is 0.580. The van der Waals surface area contributed by atoms with E-state index >= 15 is 0 Å². The number of aromatic amines is 1. The van der Waals surface area contributed by atoms with Crippen molar-refractivity contribution in [1.82, 2.24) is 14.9 Å². The molecule has 1 N–H and O–H groups in total. The van der Waals surface area contributed by atoms with E-state index in [-0.39, 0.29) is 18.0 Å². The summed E-state index contributed by atoms with van der Waals surface area (Å²) in [6, 6.07) is 9.11. The predicted molar refractivity (Wildman–Crippen MR) is 119 cm³/mol. The second-order valence-electron chi connectivity index (χ2n) is 6.74. The fraction of sp³-hybridized carbons (Fsp3) is 0.318. The molecule has 0 bridgehead atoms. The van der Waals surface area contributed by atoms with Crippen molar-refractivity contribution in [2.75, 3.05) is 27.0 Å². The number of amides is 1. The zero-order chi connectivity index (χ0) is 21.8. The highest BCUT2D eigenvalue weighted by molar-refractivity contribution is 7.98. The van der Waals surface area contributed by atoms with E-state index in [0.29, 0.717) is 40.3 Å². The summed E-state index contributed by atoms with van der Waals surface area (Å²) in [6.45, 7) is 4.49. The number of rotatable bonds is 7. The molecule has 0 unspecified atom stereocenters. The third-order valence-electron chi connectivity index (χ3n) is 4.94. The number of nitrogens with zero attached hydrogens (tertiary/aromatic N) is 2. The largest absolute Gasteiger partial charge is 0.493 e. The third kappa shape index (κ3) is 4.28. The molecule has 0 saturated heterocycles. The van der Waals surface area contributed by atoms with E-state index in [1.54, 1.807) is 28.8 Å². The summed E-state index contributed by atoms with van der Waals surface area (Å²) < 4.78 is 10.6. The van der Waals surface area contributed by atoms with Gasteiger partial charge in [-0.2, -0.15) is 0 Å². The number of aromatic nitrogens is 2. The minimum Gasteiger partial charge on any atom is -0.493 e. The number of hydrogen-bond acceptors (Lipinski definition) is 6. The summed E-state index contributed by atoms with van der Waals surface area (Å²) in [7, 11) is 3.04. The number of H-pyrrole nitrogens is 1. The Morgan fingerprint density at radius 3 is 2.50 bits per heavy atom. The maximum absolute atomic E-state index is 13.2. The molecule has 0 aliphatic carbocycles. The van der Waals surface area contributed by atoms with Crippen molar-refractivity contribution in [1.29, 1.82) is 0 Å². The summed E-state index contributed by atoms with van der Waals surface area (Å²) in [6.07, 6.45) is 1.98. The Morgan fingerprint density at radius 1 is 1.17 bits per heavy atom. The highest BCUT2D eigenvalue weighted by atomic mass is 32.2. The van der Waals surface area contributed by atoms with Gasteiger partial charge in [-0.25, -0.2) is 4.98 Å². The number of benzene rings is 2. The van der Waals surface area contributed by atoms with Gasteiger partial charge in [0.2, 0.25) is 0 Å². The number of nitrogens with one attached hydrogen (secondary N) is 1. The molecule has 0 fully saturated rings. The Kier molecular flexibility index (Phi) is 6.66. The SMILES string of the molecule is CCN(Cc1nc2cc(OC)c(OC)cc2c(=O)[nH]1)C(=O)c1cc(SC)ccc1C. The van der Waals surface area contributed by atoms with Gasteiger partial charge in [0, 0.05) is 23.1 Å². The first-order chi connectivity index (χ1) is 14.4. The van der Waals surface area contributed by atoms with Gasteiger partial charge >= 0.3 is 0 Å². The van der Waals surface area contributed by atoms with Crippen LogP contribution < -0.4 is 15.0 Å². The van der Waals surface area contributed by atoms with Crippen molar-refractivity contribution in [2.45, 2.75) is 25.3 Å². The summed E-state index contributed by atoms with van der Waals surface area (Å²) in [5.41, 5.74) is 1.75. The summed E-state index contributed by atoms with van der Waals surface area (Å²) in [4.78, 5) is 35.8. The molecule has 3 rings (SSSR count). The van der Waals surface area contributed by atoms with E-state index in [0.717, 1.165) is 10.5 Å². The smallest absolute Gasteiger partial charge is 0.258 e. The lowest BCUT2D eigenvalue weighted by Crippen LogP contribution is -2.32. The molecule has 0 radical (unpaired) electrons. The second-order valence-corrected chi connectivity index (χ2v) is 7.62. The Labute approximate surface area is 179 Å². The number of methoxy groups -OCH3 is 2. The molecule has 0 atom stereocenters. The number of hydrogen-bond donors (Lipinski definition) is 1. The highest BCUT2D eigenvalue weighted by Gasteiger charge is 2.19. The highest BCUT2D eigenvalue weighted by Crippen LogP contribution is 2.30. The average Bonchev–Trinajstić information content (AvgIpc) is 2.76. The third-order valence-corrected chi connectivity index (χ3v) is 5.67. The number of thioether (sulfide) groups is 1. The van der Waals surface area contributed by atoms with Crippen LogP contribution in [-0.2, 0) is 6.54 Å². The van der Waals surface area contributed by atoms with Crippen LogP contribution in [0.3, 0.4) is 0 Å². The van der Waals surface area contributed by atoms with E-state index in [9.17, 15) is 9.59 Å². The number of aryl methyl sites for hydroxylation is 1. The van der Waals surface area contributed by atoms with Crippen LogP contribution in [0.15, 0.2) is 40.0 Å². The fourth-order valence-corrected chi connectivity index (χ4v) is 3.67. The molecule has 2 aromatic carbocycles. The van der Waals surface area contributed by atoms with Gasteiger partial charge in [-0.05, 0) is 43.9 Å². The van der Waals surface area contributed by atoms with Gasteiger partial charge in [-0.1, -0.05) is 6.07 Å². The van der Waals surface area contributed by atoms with Crippen LogP contribution in [0.1, 0.15) is 28.7 Å². The second kappa shape index (κ2) is 9.21. The van der Waals surface area contributed by atoms with Gasteiger partial charge in [0.15, 0.2) is 11.5 Å². The Hall–Kier alpha value is -3.00. The Balaban J connectivity index is 1.97. The van der Waals surface area contributed by atoms with Gasteiger partial charge in [-0.3, -0.25) is 9.59 Å².